The van der Waals surface area contributed by atoms with E-state index in [0.717, 1.165) is 17.0 Å². The van der Waals surface area contributed by atoms with Crippen LogP contribution in [0.4, 0.5) is 5.69 Å². The summed E-state index contributed by atoms with van der Waals surface area (Å²) in [5.74, 6) is 1.05. The molecule has 0 spiro atoms. The molecule has 0 saturated carbocycles. The van der Waals surface area contributed by atoms with Gasteiger partial charge in [0.1, 0.15) is 11.5 Å². The highest BCUT2D eigenvalue weighted by molar-refractivity contribution is 7.80. The quantitative estimate of drug-likeness (QED) is 0.619. The number of nitrogens with one attached hydrogen (secondary N) is 1. The molecule has 0 radical (unpaired) electrons. The maximum Gasteiger partial charge on any atom is 0.174 e. The first kappa shape index (κ1) is 18.7. The van der Waals surface area contributed by atoms with Crippen LogP contribution in [0.3, 0.4) is 0 Å². The number of phenols is 1. The standard InChI is InChI=1S/C22H22N2O2S/c1-26-21-13-9-19(10-14-21)24(16-18-7-11-20(25)12-8-18)22(27)23-15-17-5-3-2-4-6-17/h2-14,25H,15-16H2,1H3,(H,23,27). The normalized spacial score (nSPS) is 10.3. The van der Waals surface area contributed by atoms with Gasteiger partial charge in [0.15, 0.2) is 5.11 Å². The summed E-state index contributed by atoms with van der Waals surface area (Å²) in [7, 11) is 1.65. The third-order valence-electron chi connectivity index (χ3n) is 4.19. The molecule has 0 saturated heterocycles. The first-order valence-electron chi connectivity index (χ1n) is 8.67. The van der Waals surface area contributed by atoms with E-state index in [1.54, 1.807) is 19.2 Å². The number of phenolic OH excluding ortho intramolecular Hbond substituents is 1. The lowest BCUT2D eigenvalue weighted by Gasteiger charge is -2.26. The number of hydrogen-bond acceptors (Lipinski definition) is 3. The molecule has 4 nitrogen and oxygen atoms in total. The molecule has 0 heterocycles. The zero-order valence-electron chi connectivity index (χ0n) is 15.1. The highest BCUT2D eigenvalue weighted by atomic mass is 32.1. The minimum absolute atomic E-state index is 0.250. The van der Waals surface area contributed by atoms with E-state index in [1.165, 1.54) is 5.56 Å². The van der Waals surface area contributed by atoms with Crippen molar-refractivity contribution >= 4 is 23.0 Å². The first-order chi connectivity index (χ1) is 13.2. The van der Waals surface area contributed by atoms with E-state index in [0.29, 0.717) is 18.2 Å². The summed E-state index contributed by atoms with van der Waals surface area (Å²) in [6.45, 7) is 1.25. The SMILES string of the molecule is COc1ccc(N(Cc2ccc(O)cc2)C(=S)NCc2ccccc2)cc1. The fraction of sp³-hybridized carbons (Fsp3) is 0.136. The average molecular weight is 378 g/mol. The molecule has 0 atom stereocenters. The summed E-state index contributed by atoms with van der Waals surface area (Å²) in [5.41, 5.74) is 3.18. The van der Waals surface area contributed by atoms with E-state index in [-0.39, 0.29) is 5.75 Å². The monoisotopic (exact) mass is 378 g/mol. The van der Waals surface area contributed by atoms with Crippen molar-refractivity contribution in [3.8, 4) is 11.5 Å². The largest absolute Gasteiger partial charge is 0.508 e. The number of nitrogens with zero attached hydrogens (tertiary/aromatic N) is 1. The number of methoxy groups -OCH3 is 1. The summed E-state index contributed by atoms with van der Waals surface area (Å²) in [6.07, 6.45) is 0. The lowest BCUT2D eigenvalue weighted by Crippen LogP contribution is -2.39. The summed E-state index contributed by atoms with van der Waals surface area (Å²) in [4.78, 5) is 2.03. The van der Waals surface area contributed by atoms with Gasteiger partial charge < -0.3 is 20.1 Å². The summed E-state index contributed by atoms with van der Waals surface area (Å²) in [6, 6.07) is 25.1. The van der Waals surface area contributed by atoms with E-state index in [1.807, 2.05) is 59.5 Å². The van der Waals surface area contributed by atoms with Gasteiger partial charge in [-0.2, -0.15) is 0 Å². The van der Waals surface area contributed by atoms with Gasteiger partial charge in [0, 0.05) is 12.2 Å². The van der Waals surface area contributed by atoms with Crippen LogP contribution >= 0.6 is 12.2 Å². The molecule has 3 aromatic rings. The van der Waals surface area contributed by atoms with Crippen molar-refractivity contribution < 1.29 is 9.84 Å². The maximum absolute atomic E-state index is 9.52. The zero-order chi connectivity index (χ0) is 19.1. The summed E-state index contributed by atoms with van der Waals surface area (Å²) in [5, 5.41) is 13.5. The van der Waals surface area contributed by atoms with Crippen LogP contribution in [0, 0.1) is 0 Å². The molecule has 0 unspecified atom stereocenters. The molecule has 27 heavy (non-hydrogen) atoms. The van der Waals surface area contributed by atoms with Gasteiger partial charge in [0.25, 0.3) is 0 Å². The predicted octanol–water partition coefficient (Wildman–Crippen LogP) is 4.48. The second kappa shape index (κ2) is 9.05. The lowest BCUT2D eigenvalue weighted by molar-refractivity contribution is 0.415. The third kappa shape index (κ3) is 5.21. The number of anilines is 1. The Bertz CT molecular complexity index is 865. The van der Waals surface area contributed by atoms with Crippen LogP contribution in [-0.4, -0.2) is 17.3 Å². The summed E-state index contributed by atoms with van der Waals surface area (Å²) < 4.78 is 5.25. The molecule has 0 bridgehead atoms. The molecule has 0 fully saturated rings. The Morgan fingerprint density at radius 2 is 1.59 bits per heavy atom. The van der Waals surface area contributed by atoms with Gasteiger partial charge in [0.05, 0.1) is 13.7 Å². The molecule has 0 aromatic heterocycles. The Hall–Kier alpha value is -3.05. The highest BCUT2D eigenvalue weighted by Gasteiger charge is 2.13. The Morgan fingerprint density at radius 3 is 2.22 bits per heavy atom. The minimum atomic E-state index is 0.250. The van der Waals surface area contributed by atoms with Crippen molar-refractivity contribution in [1.29, 1.82) is 0 Å². The predicted molar refractivity (Wildman–Crippen MR) is 113 cm³/mol. The van der Waals surface area contributed by atoms with Crippen LogP contribution in [0.1, 0.15) is 11.1 Å². The Kier molecular flexibility index (Phi) is 6.28. The van der Waals surface area contributed by atoms with Gasteiger partial charge in [-0.15, -0.1) is 0 Å². The van der Waals surface area contributed by atoms with Crippen LogP contribution in [0.25, 0.3) is 0 Å². The van der Waals surface area contributed by atoms with Crippen LogP contribution in [0.5, 0.6) is 11.5 Å². The Balaban J connectivity index is 1.79. The molecule has 0 aliphatic heterocycles. The average Bonchev–Trinajstić information content (AvgIpc) is 2.72. The number of thiocarbonyl (C=S) groups is 1. The second-order valence-corrected chi connectivity index (χ2v) is 6.48. The third-order valence-corrected chi connectivity index (χ3v) is 4.56. The van der Waals surface area contributed by atoms with E-state index < -0.39 is 0 Å². The van der Waals surface area contributed by atoms with Crippen LogP contribution in [-0.2, 0) is 13.1 Å². The highest BCUT2D eigenvalue weighted by Crippen LogP contribution is 2.22. The second-order valence-electron chi connectivity index (χ2n) is 6.09. The van der Waals surface area contributed by atoms with Crippen LogP contribution in [0.2, 0.25) is 0 Å². The fourth-order valence-electron chi connectivity index (χ4n) is 2.70. The molecule has 0 aliphatic carbocycles. The smallest absolute Gasteiger partial charge is 0.174 e. The molecule has 0 aliphatic rings. The molecule has 2 N–H and O–H groups in total. The van der Waals surface area contributed by atoms with Crippen molar-refractivity contribution in [3.63, 3.8) is 0 Å². The fourth-order valence-corrected chi connectivity index (χ4v) is 2.94. The topological polar surface area (TPSA) is 44.7 Å². The molecular weight excluding hydrogens is 356 g/mol. The molecule has 3 rings (SSSR count). The Labute approximate surface area is 165 Å². The van der Waals surface area contributed by atoms with Crippen LogP contribution < -0.4 is 15.0 Å². The van der Waals surface area contributed by atoms with Crippen molar-refractivity contribution in [3.05, 3.63) is 90.0 Å². The number of hydrogen-bond donors (Lipinski definition) is 2. The van der Waals surface area contributed by atoms with Gasteiger partial charge in [-0.05, 0) is 59.7 Å². The van der Waals surface area contributed by atoms with Crippen molar-refractivity contribution in [1.82, 2.24) is 5.32 Å². The summed E-state index contributed by atoms with van der Waals surface area (Å²) >= 11 is 5.68. The number of ether oxygens (including phenoxy) is 1. The van der Waals surface area contributed by atoms with E-state index in [4.69, 9.17) is 17.0 Å². The van der Waals surface area contributed by atoms with Crippen molar-refractivity contribution in [2.75, 3.05) is 12.0 Å². The van der Waals surface area contributed by atoms with Crippen molar-refractivity contribution in [2.45, 2.75) is 13.1 Å². The van der Waals surface area contributed by atoms with Gasteiger partial charge in [-0.1, -0.05) is 42.5 Å². The number of aromatic hydroxyl groups is 1. The molecule has 3 aromatic carbocycles. The number of rotatable bonds is 6. The van der Waals surface area contributed by atoms with E-state index >= 15 is 0 Å². The number of benzene rings is 3. The molecular formula is C22H22N2O2S. The molecule has 138 valence electrons. The molecule has 0 amide bonds. The van der Waals surface area contributed by atoms with Crippen molar-refractivity contribution in [2.24, 2.45) is 0 Å². The van der Waals surface area contributed by atoms with Crippen LogP contribution in [0.15, 0.2) is 78.9 Å². The van der Waals surface area contributed by atoms with Gasteiger partial charge in [-0.3, -0.25) is 0 Å². The zero-order valence-corrected chi connectivity index (χ0v) is 15.9. The van der Waals surface area contributed by atoms with E-state index in [2.05, 4.69) is 17.4 Å². The van der Waals surface area contributed by atoms with Gasteiger partial charge >= 0.3 is 0 Å². The van der Waals surface area contributed by atoms with Gasteiger partial charge in [-0.25, -0.2) is 0 Å². The lowest BCUT2D eigenvalue weighted by atomic mass is 10.2. The van der Waals surface area contributed by atoms with E-state index in [9.17, 15) is 5.11 Å². The first-order valence-corrected chi connectivity index (χ1v) is 9.08. The maximum atomic E-state index is 9.52. The Morgan fingerprint density at radius 1 is 0.926 bits per heavy atom. The molecule has 5 heteroatoms. The van der Waals surface area contributed by atoms with Gasteiger partial charge in [0.2, 0.25) is 0 Å². The minimum Gasteiger partial charge on any atom is -0.508 e.